The lowest BCUT2D eigenvalue weighted by Crippen LogP contribution is -2.12. The van der Waals surface area contributed by atoms with E-state index in [1.807, 2.05) is 0 Å². The Morgan fingerprint density at radius 2 is 2.25 bits per heavy atom. The van der Waals surface area contributed by atoms with Crippen LogP contribution in [-0.4, -0.2) is 17.6 Å². The van der Waals surface area contributed by atoms with Gasteiger partial charge in [-0.15, -0.1) is 0 Å². The summed E-state index contributed by atoms with van der Waals surface area (Å²) >= 11 is 0. The van der Waals surface area contributed by atoms with Crippen molar-refractivity contribution in [2.45, 2.75) is 19.8 Å². The van der Waals surface area contributed by atoms with Gasteiger partial charge in [0.05, 0.1) is 5.56 Å². The summed E-state index contributed by atoms with van der Waals surface area (Å²) in [6, 6.07) is 4.97. The number of rotatable bonds is 4. The first-order valence-electron chi connectivity index (χ1n) is 5.37. The number of carbonyl (C=O) groups is 1. The fraction of sp³-hybridized carbons (Fsp3) is 0.417. The molecule has 1 aromatic carbocycles. The summed E-state index contributed by atoms with van der Waals surface area (Å²) in [6.07, 6.45) is 2.51. The lowest BCUT2D eigenvalue weighted by atomic mass is 10.1. The van der Waals surface area contributed by atoms with Gasteiger partial charge >= 0.3 is 5.97 Å². The third-order valence-electron chi connectivity index (χ3n) is 3.10. The molecule has 0 saturated heterocycles. The molecule has 1 aromatic rings. The normalized spacial score (nSPS) is 16.8. The predicted molar refractivity (Wildman–Crippen MR) is 63.6 cm³/mol. The van der Waals surface area contributed by atoms with E-state index in [0.29, 0.717) is 11.1 Å². The Morgan fingerprint density at radius 1 is 1.56 bits per heavy atom. The number of nitrogens with two attached hydrogens (primary N) is 1. The first-order chi connectivity index (χ1) is 7.50. The monoisotopic (exact) mass is 220 g/mol. The van der Waals surface area contributed by atoms with Crippen molar-refractivity contribution in [2.24, 2.45) is 5.41 Å². The smallest absolute Gasteiger partial charge is 0.337 e. The Bertz CT molecular complexity index is 425. The number of hydrogen-bond donors (Lipinski definition) is 3. The molecule has 0 radical (unpaired) electrons. The van der Waals surface area contributed by atoms with Crippen LogP contribution in [0, 0.1) is 5.41 Å². The standard InChI is InChI=1S/C12H16N2O2/c1-12(4-5-12)7-14-8-2-3-9(11(15)16)10(13)6-8/h2-3,6,14H,4-5,7,13H2,1H3,(H,15,16). The molecule has 1 fully saturated rings. The molecule has 1 saturated carbocycles. The highest BCUT2D eigenvalue weighted by Gasteiger charge is 2.36. The fourth-order valence-electron chi connectivity index (χ4n) is 1.57. The quantitative estimate of drug-likeness (QED) is 0.680. The Kier molecular flexibility index (Phi) is 2.50. The molecule has 0 unspecified atom stereocenters. The Morgan fingerprint density at radius 3 is 2.75 bits per heavy atom. The molecule has 0 aliphatic heterocycles. The molecular formula is C12H16N2O2. The van der Waals surface area contributed by atoms with Crippen LogP contribution in [0.3, 0.4) is 0 Å². The zero-order chi connectivity index (χ0) is 11.8. The van der Waals surface area contributed by atoms with Gasteiger partial charge in [-0.25, -0.2) is 4.79 Å². The first kappa shape index (κ1) is 10.8. The van der Waals surface area contributed by atoms with E-state index in [2.05, 4.69) is 12.2 Å². The van der Waals surface area contributed by atoms with Crippen molar-refractivity contribution in [3.63, 3.8) is 0 Å². The van der Waals surface area contributed by atoms with Gasteiger partial charge in [-0.3, -0.25) is 0 Å². The maximum atomic E-state index is 10.8. The van der Waals surface area contributed by atoms with Crippen molar-refractivity contribution < 1.29 is 9.90 Å². The number of anilines is 2. The summed E-state index contributed by atoms with van der Waals surface area (Å²) in [5.41, 5.74) is 7.42. The van der Waals surface area contributed by atoms with Gasteiger partial charge < -0.3 is 16.2 Å². The van der Waals surface area contributed by atoms with Gasteiger partial charge in [-0.2, -0.15) is 0 Å². The van der Waals surface area contributed by atoms with Crippen LogP contribution in [-0.2, 0) is 0 Å². The van der Waals surface area contributed by atoms with Gasteiger partial charge in [-0.05, 0) is 36.5 Å². The van der Waals surface area contributed by atoms with Crippen LogP contribution in [0.5, 0.6) is 0 Å². The van der Waals surface area contributed by atoms with Crippen LogP contribution >= 0.6 is 0 Å². The minimum Gasteiger partial charge on any atom is -0.478 e. The highest BCUT2D eigenvalue weighted by molar-refractivity contribution is 5.94. The number of carboxylic acids is 1. The molecule has 1 aliphatic rings. The van der Waals surface area contributed by atoms with Crippen LogP contribution in [0.25, 0.3) is 0 Å². The van der Waals surface area contributed by atoms with Crippen molar-refractivity contribution >= 4 is 17.3 Å². The highest BCUT2D eigenvalue weighted by atomic mass is 16.4. The van der Waals surface area contributed by atoms with E-state index in [9.17, 15) is 4.79 Å². The maximum absolute atomic E-state index is 10.8. The molecule has 86 valence electrons. The second-order valence-electron chi connectivity index (χ2n) is 4.77. The number of nitrogen functional groups attached to an aromatic ring is 1. The average molecular weight is 220 g/mol. The number of nitrogens with one attached hydrogen (secondary N) is 1. The summed E-state index contributed by atoms with van der Waals surface area (Å²) in [5, 5.41) is 12.1. The number of benzene rings is 1. The van der Waals surface area contributed by atoms with E-state index in [0.717, 1.165) is 12.2 Å². The fourth-order valence-corrected chi connectivity index (χ4v) is 1.57. The second kappa shape index (κ2) is 3.70. The maximum Gasteiger partial charge on any atom is 0.337 e. The van der Waals surface area contributed by atoms with Gasteiger partial charge in [0.2, 0.25) is 0 Å². The SMILES string of the molecule is CC1(CNc2ccc(C(=O)O)c(N)c2)CC1. The molecule has 0 atom stereocenters. The lowest BCUT2D eigenvalue weighted by Gasteiger charge is -2.12. The van der Waals surface area contributed by atoms with Crippen molar-refractivity contribution in [3.8, 4) is 0 Å². The molecule has 0 aromatic heterocycles. The number of carboxylic acid groups (broad SMARTS) is 1. The molecular weight excluding hydrogens is 204 g/mol. The molecule has 2 rings (SSSR count). The Balaban J connectivity index is 2.05. The number of hydrogen-bond acceptors (Lipinski definition) is 3. The van der Waals surface area contributed by atoms with Crippen LogP contribution < -0.4 is 11.1 Å². The Hall–Kier alpha value is -1.71. The zero-order valence-corrected chi connectivity index (χ0v) is 9.29. The van der Waals surface area contributed by atoms with E-state index in [-0.39, 0.29) is 5.56 Å². The van der Waals surface area contributed by atoms with Crippen LogP contribution in [0.4, 0.5) is 11.4 Å². The predicted octanol–water partition coefficient (Wildman–Crippen LogP) is 2.18. The molecule has 1 aliphatic carbocycles. The van der Waals surface area contributed by atoms with Crippen molar-refractivity contribution in [1.29, 1.82) is 0 Å². The largest absolute Gasteiger partial charge is 0.478 e. The summed E-state index contributed by atoms with van der Waals surface area (Å²) < 4.78 is 0. The van der Waals surface area contributed by atoms with Gasteiger partial charge in [0, 0.05) is 17.9 Å². The van der Waals surface area contributed by atoms with Crippen molar-refractivity contribution in [2.75, 3.05) is 17.6 Å². The van der Waals surface area contributed by atoms with Gasteiger partial charge in [0.15, 0.2) is 0 Å². The van der Waals surface area contributed by atoms with Crippen molar-refractivity contribution in [3.05, 3.63) is 23.8 Å². The number of aromatic carboxylic acids is 1. The highest BCUT2D eigenvalue weighted by Crippen LogP contribution is 2.44. The van der Waals surface area contributed by atoms with E-state index in [1.54, 1.807) is 12.1 Å². The van der Waals surface area contributed by atoms with Gasteiger partial charge in [0.25, 0.3) is 0 Å². The van der Waals surface area contributed by atoms with E-state index >= 15 is 0 Å². The van der Waals surface area contributed by atoms with Crippen LogP contribution in [0.15, 0.2) is 18.2 Å². The topological polar surface area (TPSA) is 75.3 Å². The molecule has 0 bridgehead atoms. The van der Waals surface area contributed by atoms with E-state index in [4.69, 9.17) is 10.8 Å². The minimum atomic E-state index is -0.988. The molecule has 0 heterocycles. The first-order valence-corrected chi connectivity index (χ1v) is 5.37. The second-order valence-corrected chi connectivity index (χ2v) is 4.77. The third kappa shape index (κ3) is 2.27. The molecule has 0 amide bonds. The third-order valence-corrected chi connectivity index (χ3v) is 3.10. The molecule has 16 heavy (non-hydrogen) atoms. The van der Waals surface area contributed by atoms with E-state index in [1.165, 1.54) is 18.9 Å². The average Bonchev–Trinajstić information content (AvgIpc) is 2.94. The molecule has 4 nitrogen and oxygen atoms in total. The summed E-state index contributed by atoms with van der Waals surface area (Å²) in [5.74, 6) is -0.988. The van der Waals surface area contributed by atoms with Crippen LogP contribution in [0.1, 0.15) is 30.1 Å². The van der Waals surface area contributed by atoms with Gasteiger partial charge in [-0.1, -0.05) is 6.92 Å². The van der Waals surface area contributed by atoms with E-state index < -0.39 is 5.97 Å². The summed E-state index contributed by atoms with van der Waals surface area (Å²) in [7, 11) is 0. The van der Waals surface area contributed by atoms with Crippen molar-refractivity contribution in [1.82, 2.24) is 0 Å². The summed E-state index contributed by atoms with van der Waals surface area (Å²) in [4.78, 5) is 10.8. The molecule has 4 N–H and O–H groups in total. The Labute approximate surface area is 94.5 Å². The van der Waals surface area contributed by atoms with Crippen LogP contribution in [0.2, 0.25) is 0 Å². The molecule has 0 spiro atoms. The molecule has 4 heteroatoms. The zero-order valence-electron chi connectivity index (χ0n) is 9.29. The minimum absolute atomic E-state index is 0.156. The summed E-state index contributed by atoms with van der Waals surface area (Å²) in [6.45, 7) is 3.15. The lowest BCUT2D eigenvalue weighted by molar-refractivity contribution is 0.0698. The van der Waals surface area contributed by atoms with Gasteiger partial charge in [0.1, 0.15) is 0 Å².